The summed E-state index contributed by atoms with van der Waals surface area (Å²) in [6.45, 7) is 1.70. The Kier molecular flexibility index (Phi) is 13.9. The van der Waals surface area contributed by atoms with Crippen LogP contribution >= 0.6 is 25.3 Å². The minimum atomic E-state index is -0.470. The molecule has 0 rings (SSSR count). The molecule has 0 radical (unpaired) electrons. The topological polar surface area (TPSA) is 57.5 Å². The van der Waals surface area contributed by atoms with Gasteiger partial charge in [0.05, 0.1) is 12.7 Å². The van der Waals surface area contributed by atoms with Gasteiger partial charge in [0.25, 0.3) is 0 Å². The zero-order valence-electron chi connectivity index (χ0n) is 7.05. The predicted octanol–water partition coefficient (Wildman–Crippen LogP) is 0.163. The van der Waals surface area contributed by atoms with Gasteiger partial charge in [0.1, 0.15) is 6.29 Å². The number of hydrogen-bond donors (Lipinski definition) is 4. The van der Waals surface area contributed by atoms with Crippen LogP contribution < -0.4 is 0 Å². The van der Waals surface area contributed by atoms with E-state index in [4.69, 9.17) is 10.2 Å². The zero-order chi connectivity index (χ0) is 9.98. The van der Waals surface area contributed by atoms with Gasteiger partial charge in [-0.2, -0.15) is 25.3 Å². The third kappa shape index (κ3) is 16.7. The van der Waals surface area contributed by atoms with Gasteiger partial charge in [0.15, 0.2) is 0 Å². The molecule has 0 aromatic rings. The van der Waals surface area contributed by atoms with Crippen LogP contribution in [0.25, 0.3) is 0 Å². The SMILES string of the molecule is CC(O)CC=O.OCC(S)CS. The van der Waals surface area contributed by atoms with Crippen molar-refractivity contribution in [2.75, 3.05) is 12.4 Å². The average molecular weight is 212 g/mol. The van der Waals surface area contributed by atoms with E-state index in [1.54, 1.807) is 6.92 Å². The van der Waals surface area contributed by atoms with Crippen LogP contribution in [0.5, 0.6) is 0 Å². The predicted molar refractivity (Wildman–Crippen MR) is 56.1 cm³/mol. The minimum Gasteiger partial charge on any atom is -0.395 e. The summed E-state index contributed by atoms with van der Waals surface area (Å²) in [4.78, 5) is 9.46. The van der Waals surface area contributed by atoms with E-state index in [0.29, 0.717) is 12.0 Å². The summed E-state index contributed by atoms with van der Waals surface area (Å²) in [5.74, 6) is 0.639. The number of aldehydes is 1. The Labute approximate surface area is 84.0 Å². The molecule has 0 aliphatic heterocycles. The first-order valence-electron chi connectivity index (χ1n) is 3.59. The molecule has 2 atom stereocenters. The first-order chi connectivity index (χ1) is 5.58. The maximum atomic E-state index is 9.46. The summed E-state index contributed by atoms with van der Waals surface area (Å²) >= 11 is 7.76. The Hall–Kier alpha value is 0.290. The third-order valence-corrected chi connectivity index (χ3v) is 1.93. The molecule has 0 aliphatic carbocycles. The number of thiol groups is 2. The van der Waals surface area contributed by atoms with Crippen molar-refractivity contribution in [3.8, 4) is 0 Å². The van der Waals surface area contributed by atoms with Gasteiger partial charge in [-0.1, -0.05) is 0 Å². The highest BCUT2D eigenvalue weighted by atomic mass is 32.1. The highest BCUT2D eigenvalue weighted by molar-refractivity contribution is 7.84. The van der Waals surface area contributed by atoms with Crippen molar-refractivity contribution >= 4 is 31.5 Å². The fraction of sp³-hybridized carbons (Fsp3) is 0.857. The normalized spacial score (nSPS) is 14.1. The van der Waals surface area contributed by atoms with Gasteiger partial charge in [-0.15, -0.1) is 0 Å². The second kappa shape index (κ2) is 11.3. The molecule has 0 bridgehead atoms. The molecule has 0 aromatic heterocycles. The Morgan fingerprint density at radius 3 is 2.08 bits per heavy atom. The van der Waals surface area contributed by atoms with Crippen LogP contribution in [0.1, 0.15) is 13.3 Å². The quantitative estimate of drug-likeness (QED) is 0.397. The van der Waals surface area contributed by atoms with Crippen molar-refractivity contribution in [2.24, 2.45) is 0 Å². The second-order valence-electron chi connectivity index (χ2n) is 2.27. The van der Waals surface area contributed by atoms with Gasteiger partial charge in [0.2, 0.25) is 0 Å². The average Bonchev–Trinajstić information content (AvgIpc) is 2.04. The fourth-order valence-corrected chi connectivity index (χ4v) is 0.312. The lowest BCUT2D eigenvalue weighted by Crippen LogP contribution is -2.04. The third-order valence-electron chi connectivity index (χ3n) is 0.859. The number of carbonyl (C=O) groups is 1. The molecule has 0 fully saturated rings. The van der Waals surface area contributed by atoms with E-state index >= 15 is 0 Å². The van der Waals surface area contributed by atoms with Gasteiger partial charge in [-0.25, -0.2) is 0 Å². The van der Waals surface area contributed by atoms with Crippen LogP contribution in [0.3, 0.4) is 0 Å². The van der Waals surface area contributed by atoms with E-state index in [1.165, 1.54) is 0 Å². The van der Waals surface area contributed by atoms with Crippen LogP contribution in [-0.4, -0.2) is 40.2 Å². The molecule has 0 saturated heterocycles. The molecule has 74 valence electrons. The maximum absolute atomic E-state index is 9.46. The van der Waals surface area contributed by atoms with Crippen LogP contribution in [0, 0.1) is 0 Å². The molecule has 0 aliphatic rings. The number of hydrogen-bond acceptors (Lipinski definition) is 5. The molecule has 2 unspecified atom stereocenters. The number of aliphatic hydroxyl groups excluding tert-OH is 2. The Morgan fingerprint density at radius 2 is 2.08 bits per heavy atom. The molecular weight excluding hydrogens is 196 g/mol. The van der Waals surface area contributed by atoms with Crippen molar-refractivity contribution in [3.05, 3.63) is 0 Å². The largest absolute Gasteiger partial charge is 0.395 e. The van der Waals surface area contributed by atoms with Crippen LogP contribution in [-0.2, 0) is 4.79 Å². The van der Waals surface area contributed by atoms with Gasteiger partial charge < -0.3 is 15.0 Å². The lowest BCUT2D eigenvalue weighted by molar-refractivity contribution is -0.109. The standard InChI is InChI=1S/C4H8O2.C3H8OS2/c1-4(6)2-3-5;4-1-3(6)2-5/h3-4,6H,2H2,1H3;3-6H,1-2H2. The number of carbonyl (C=O) groups excluding carboxylic acids is 1. The fourth-order valence-electron chi connectivity index (χ4n) is 0.197. The summed E-state index contributed by atoms with van der Waals surface area (Å²) in [6, 6.07) is 0. The molecule has 3 nitrogen and oxygen atoms in total. The smallest absolute Gasteiger partial charge is 0.122 e. The van der Waals surface area contributed by atoms with E-state index in [0.717, 1.165) is 0 Å². The van der Waals surface area contributed by atoms with Crippen LogP contribution in [0.2, 0.25) is 0 Å². The van der Waals surface area contributed by atoms with Crippen molar-refractivity contribution in [1.82, 2.24) is 0 Å². The van der Waals surface area contributed by atoms with Gasteiger partial charge in [-0.3, -0.25) is 0 Å². The molecule has 2 N–H and O–H groups in total. The van der Waals surface area contributed by atoms with Crippen LogP contribution in [0.4, 0.5) is 0 Å². The van der Waals surface area contributed by atoms with Crippen molar-refractivity contribution in [1.29, 1.82) is 0 Å². The molecule has 5 heteroatoms. The Morgan fingerprint density at radius 1 is 1.58 bits per heavy atom. The summed E-state index contributed by atoms with van der Waals surface area (Å²) in [5.41, 5.74) is 0. The van der Waals surface area contributed by atoms with Crippen molar-refractivity contribution in [2.45, 2.75) is 24.7 Å². The number of rotatable bonds is 4. The van der Waals surface area contributed by atoms with Crippen molar-refractivity contribution in [3.63, 3.8) is 0 Å². The zero-order valence-corrected chi connectivity index (χ0v) is 8.84. The van der Waals surface area contributed by atoms with Gasteiger partial charge in [-0.05, 0) is 6.92 Å². The molecule has 0 amide bonds. The van der Waals surface area contributed by atoms with Crippen LogP contribution in [0.15, 0.2) is 0 Å². The van der Waals surface area contributed by atoms with Gasteiger partial charge in [0, 0.05) is 17.4 Å². The summed E-state index contributed by atoms with van der Waals surface area (Å²) in [7, 11) is 0. The minimum absolute atomic E-state index is 0.0494. The summed E-state index contributed by atoms with van der Waals surface area (Å²) in [6.07, 6.45) is 0.479. The molecule has 0 aromatic carbocycles. The maximum Gasteiger partial charge on any atom is 0.122 e. The van der Waals surface area contributed by atoms with E-state index < -0.39 is 6.10 Å². The monoisotopic (exact) mass is 212 g/mol. The second-order valence-corrected chi connectivity index (χ2v) is 3.37. The van der Waals surface area contributed by atoms with Gasteiger partial charge >= 0.3 is 0 Å². The molecule has 0 spiro atoms. The Bertz CT molecular complexity index is 94.7. The molecule has 0 heterocycles. The lowest BCUT2D eigenvalue weighted by atomic mass is 10.3. The highest BCUT2D eigenvalue weighted by Gasteiger charge is 1.92. The summed E-state index contributed by atoms with van der Waals surface area (Å²) < 4.78 is 0. The molecular formula is C7H16O3S2. The lowest BCUT2D eigenvalue weighted by Gasteiger charge is -1.96. The van der Waals surface area contributed by atoms with E-state index in [-0.39, 0.29) is 18.3 Å². The van der Waals surface area contributed by atoms with E-state index in [2.05, 4.69) is 25.3 Å². The van der Waals surface area contributed by atoms with Crippen molar-refractivity contribution < 1.29 is 15.0 Å². The van der Waals surface area contributed by atoms with E-state index in [9.17, 15) is 4.79 Å². The van der Waals surface area contributed by atoms with E-state index in [1.807, 2.05) is 0 Å². The first kappa shape index (κ1) is 14.8. The highest BCUT2D eigenvalue weighted by Crippen LogP contribution is 1.93. The number of aliphatic hydroxyl groups is 2. The summed E-state index contributed by atoms with van der Waals surface area (Å²) in [5, 5.41) is 16.6. The molecule has 12 heavy (non-hydrogen) atoms. The molecule has 0 saturated carbocycles. The Balaban J connectivity index is 0. The first-order valence-corrected chi connectivity index (χ1v) is 4.74.